The van der Waals surface area contributed by atoms with Gasteiger partial charge in [-0.05, 0) is 27.1 Å². The molecule has 1 unspecified atom stereocenters. The second-order valence-corrected chi connectivity index (χ2v) is 5.17. The Morgan fingerprint density at radius 1 is 1.67 bits per heavy atom. The van der Waals surface area contributed by atoms with Crippen molar-refractivity contribution < 1.29 is 0 Å². The molecule has 1 aromatic rings. The maximum Gasteiger partial charge on any atom is 0.0972 e. The summed E-state index contributed by atoms with van der Waals surface area (Å²) in [6, 6.07) is 0. The van der Waals surface area contributed by atoms with Crippen molar-refractivity contribution in [2.24, 2.45) is 0 Å². The second kappa shape index (κ2) is 5.05. The number of hydrogen-bond donors (Lipinski definition) is 1. The van der Waals surface area contributed by atoms with Crippen molar-refractivity contribution in [2.45, 2.75) is 18.8 Å². The average molecular weight is 225 g/mol. The van der Waals surface area contributed by atoms with Crippen LogP contribution in [-0.4, -0.2) is 43.6 Å². The third kappa shape index (κ3) is 2.77. The molecule has 0 aliphatic carbocycles. The zero-order valence-corrected chi connectivity index (χ0v) is 10.3. The molecule has 84 valence electrons. The number of rotatable bonds is 4. The summed E-state index contributed by atoms with van der Waals surface area (Å²) in [6.45, 7) is 3.42. The van der Waals surface area contributed by atoms with E-state index in [1.54, 1.807) is 0 Å². The Balaban J connectivity index is 1.94. The van der Waals surface area contributed by atoms with E-state index in [1.165, 1.54) is 30.2 Å². The van der Waals surface area contributed by atoms with E-state index in [9.17, 15) is 0 Å². The van der Waals surface area contributed by atoms with E-state index in [2.05, 4.69) is 22.6 Å². The molecule has 1 aliphatic heterocycles. The molecule has 2 heterocycles. The minimum Gasteiger partial charge on any atom is -0.319 e. The maximum atomic E-state index is 4.72. The number of hydrogen-bond acceptors (Lipinski definition) is 4. The molecule has 15 heavy (non-hydrogen) atoms. The molecule has 2 rings (SSSR count). The first-order valence-electron chi connectivity index (χ1n) is 5.57. The van der Waals surface area contributed by atoms with Crippen LogP contribution in [-0.2, 0) is 6.42 Å². The summed E-state index contributed by atoms with van der Waals surface area (Å²) in [7, 11) is 4.18. The predicted octanol–water partition coefficient (Wildman–Crippen LogP) is 1.32. The van der Waals surface area contributed by atoms with Gasteiger partial charge in [-0.15, -0.1) is 11.3 Å². The Morgan fingerprint density at radius 2 is 2.53 bits per heavy atom. The second-order valence-electron chi connectivity index (χ2n) is 4.28. The highest BCUT2D eigenvalue weighted by Crippen LogP contribution is 2.28. The van der Waals surface area contributed by atoms with Crippen LogP contribution in [0.3, 0.4) is 0 Å². The van der Waals surface area contributed by atoms with E-state index >= 15 is 0 Å². The molecule has 1 atom stereocenters. The van der Waals surface area contributed by atoms with Crippen molar-refractivity contribution in [3.05, 3.63) is 16.1 Å². The van der Waals surface area contributed by atoms with E-state index in [0.29, 0.717) is 5.92 Å². The van der Waals surface area contributed by atoms with Gasteiger partial charge in [-0.25, -0.2) is 4.98 Å². The van der Waals surface area contributed by atoms with Crippen LogP contribution in [0.25, 0.3) is 0 Å². The SMILES string of the molecule is CNCCc1csc(C2CCN(C)C2)n1. The van der Waals surface area contributed by atoms with Gasteiger partial charge in [-0.2, -0.15) is 0 Å². The highest BCUT2D eigenvalue weighted by atomic mass is 32.1. The van der Waals surface area contributed by atoms with Gasteiger partial charge in [0, 0.05) is 30.8 Å². The topological polar surface area (TPSA) is 28.2 Å². The highest BCUT2D eigenvalue weighted by molar-refractivity contribution is 7.09. The van der Waals surface area contributed by atoms with Crippen molar-refractivity contribution in [2.75, 3.05) is 33.7 Å². The first-order valence-corrected chi connectivity index (χ1v) is 6.45. The summed E-state index contributed by atoms with van der Waals surface area (Å²) in [5.74, 6) is 0.684. The minimum atomic E-state index is 0.684. The van der Waals surface area contributed by atoms with Gasteiger partial charge in [-0.3, -0.25) is 0 Å². The Kier molecular flexibility index (Phi) is 3.72. The Bertz CT molecular complexity index is 311. The lowest BCUT2D eigenvalue weighted by molar-refractivity contribution is 0.411. The number of thiazole rings is 1. The summed E-state index contributed by atoms with van der Waals surface area (Å²) < 4.78 is 0. The van der Waals surface area contributed by atoms with Crippen LogP contribution in [0.4, 0.5) is 0 Å². The van der Waals surface area contributed by atoms with Crippen LogP contribution in [0, 0.1) is 0 Å². The van der Waals surface area contributed by atoms with Gasteiger partial charge in [0.2, 0.25) is 0 Å². The average Bonchev–Trinajstić information content (AvgIpc) is 2.83. The highest BCUT2D eigenvalue weighted by Gasteiger charge is 2.23. The van der Waals surface area contributed by atoms with Gasteiger partial charge < -0.3 is 10.2 Å². The van der Waals surface area contributed by atoms with Crippen molar-refractivity contribution in [3.8, 4) is 0 Å². The molecule has 0 amide bonds. The molecule has 1 saturated heterocycles. The molecule has 0 saturated carbocycles. The van der Waals surface area contributed by atoms with Gasteiger partial charge in [0.25, 0.3) is 0 Å². The van der Waals surface area contributed by atoms with Gasteiger partial charge in [0.15, 0.2) is 0 Å². The lowest BCUT2D eigenvalue weighted by atomic mass is 10.1. The molecule has 0 spiro atoms. The zero-order chi connectivity index (χ0) is 10.7. The lowest BCUT2D eigenvalue weighted by Gasteiger charge is -2.06. The van der Waals surface area contributed by atoms with E-state index < -0.39 is 0 Å². The number of nitrogens with one attached hydrogen (secondary N) is 1. The fourth-order valence-electron chi connectivity index (χ4n) is 2.01. The van der Waals surface area contributed by atoms with Crippen molar-refractivity contribution >= 4 is 11.3 Å². The minimum absolute atomic E-state index is 0.684. The zero-order valence-electron chi connectivity index (χ0n) is 9.49. The molecule has 0 aromatic carbocycles. The van der Waals surface area contributed by atoms with Crippen molar-refractivity contribution in [1.82, 2.24) is 15.2 Å². The van der Waals surface area contributed by atoms with Crippen LogP contribution in [0.2, 0.25) is 0 Å². The van der Waals surface area contributed by atoms with E-state index in [4.69, 9.17) is 4.98 Å². The number of nitrogens with zero attached hydrogens (tertiary/aromatic N) is 2. The monoisotopic (exact) mass is 225 g/mol. The number of aromatic nitrogens is 1. The largest absolute Gasteiger partial charge is 0.319 e. The van der Waals surface area contributed by atoms with E-state index in [0.717, 1.165) is 13.0 Å². The lowest BCUT2D eigenvalue weighted by Crippen LogP contribution is -2.13. The summed E-state index contributed by atoms with van der Waals surface area (Å²) >= 11 is 1.83. The number of likely N-dealkylation sites (N-methyl/N-ethyl adjacent to an activating group) is 2. The van der Waals surface area contributed by atoms with Crippen molar-refractivity contribution in [1.29, 1.82) is 0 Å². The molecular weight excluding hydrogens is 206 g/mol. The summed E-state index contributed by atoms with van der Waals surface area (Å²) in [5, 5.41) is 6.71. The van der Waals surface area contributed by atoms with Crippen LogP contribution in [0.15, 0.2) is 5.38 Å². The van der Waals surface area contributed by atoms with Crippen molar-refractivity contribution in [3.63, 3.8) is 0 Å². The smallest absolute Gasteiger partial charge is 0.0972 e. The normalized spacial score (nSPS) is 22.4. The standard InChI is InChI=1S/C11H19N3S/c1-12-5-3-10-8-15-11(13-10)9-4-6-14(2)7-9/h8-9,12H,3-7H2,1-2H3. The van der Waals surface area contributed by atoms with E-state index in [1.807, 2.05) is 18.4 Å². The molecule has 1 fully saturated rings. The predicted molar refractivity (Wildman–Crippen MR) is 64.6 cm³/mol. The quantitative estimate of drug-likeness (QED) is 0.838. The molecule has 3 nitrogen and oxygen atoms in total. The fourth-order valence-corrected chi connectivity index (χ4v) is 3.00. The van der Waals surface area contributed by atoms with Gasteiger partial charge in [0.05, 0.1) is 10.7 Å². The fraction of sp³-hybridized carbons (Fsp3) is 0.727. The summed E-state index contributed by atoms with van der Waals surface area (Å²) in [5.41, 5.74) is 1.25. The van der Waals surface area contributed by atoms with Crippen LogP contribution < -0.4 is 5.32 Å². The molecule has 0 radical (unpaired) electrons. The Hall–Kier alpha value is -0.450. The first-order chi connectivity index (χ1) is 7.29. The third-order valence-electron chi connectivity index (χ3n) is 2.94. The third-order valence-corrected chi connectivity index (χ3v) is 4.00. The Morgan fingerprint density at radius 3 is 3.20 bits per heavy atom. The molecule has 1 aromatic heterocycles. The van der Waals surface area contributed by atoms with Gasteiger partial charge in [-0.1, -0.05) is 0 Å². The summed E-state index contributed by atoms with van der Waals surface area (Å²) in [6.07, 6.45) is 2.32. The molecular formula is C11H19N3S. The molecule has 0 bridgehead atoms. The van der Waals surface area contributed by atoms with E-state index in [-0.39, 0.29) is 0 Å². The van der Waals surface area contributed by atoms with Crippen LogP contribution >= 0.6 is 11.3 Å². The Labute approximate surface area is 95.5 Å². The molecule has 1 N–H and O–H groups in total. The number of likely N-dealkylation sites (tertiary alicyclic amines) is 1. The first kappa shape index (κ1) is 11.0. The molecule has 1 aliphatic rings. The molecule has 4 heteroatoms. The maximum absolute atomic E-state index is 4.72. The van der Waals surface area contributed by atoms with Crippen LogP contribution in [0.1, 0.15) is 23.0 Å². The van der Waals surface area contributed by atoms with Gasteiger partial charge in [0.1, 0.15) is 0 Å². The van der Waals surface area contributed by atoms with Gasteiger partial charge >= 0.3 is 0 Å². The van der Waals surface area contributed by atoms with Crippen LogP contribution in [0.5, 0.6) is 0 Å². The summed E-state index contributed by atoms with van der Waals surface area (Å²) in [4.78, 5) is 7.10.